The van der Waals surface area contributed by atoms with Gasteiger partial charge in [0.05, 0.1) is 11.0 Å². The first-order chi connectivity index (χ1) is 10.1. The number of halogens is 1. The number of hydrogen-bond donors (Lipinski definition) is 0. The summed E-state index contributed by atoms with van der Waals surface area (Å²) in [6.45, 7) is 7.53. The summed E-state index contributed by atoms with van der Waals surface area (Å²) in [5.41, 5.74) is 4.97. The van der Waals surface area contributed by atoms with Crippen LogP contribution >= 0.6 is 0 Å². The summed E-state index contributed by atoms with van der Waals surface area (Å²) < 4.78 is 2.37. The Labute approximate surface area is 138 Å². The molecule has 1 heterocycles. The number of aromatic nitrogens is 2. The second kappa shape index (κ2) is 6.97. The van der Waals surface area contributed by atoms with Crippen LogP contribution in [0, 0.1) is 12.8 Å². The monoisotopic (exact) mass is 313 g/mol. The van der Waals surface area contributed by atoms with Crippen molar-refractivity contribution in [3.63, 3.8) is 0 Å². The Morgan fingerprint density at radius 2 is 1.82 bits per heavy atom. The van der Waals surface area contributed by atoms with Crippen molar-refractivity contribution in [2.75, 3.05) is 0 Å². The van der Waals surface area contributed by atoms with Crippen LogP contribution in [-0.4, -0.2) is 9.55 Å². The molecule has 3 aromatic rings. The molecule has 0 aliphatic rings. The molecule has 0 radical (unpaired) electrons. The smallest absolute Gasteiger partial charge is 0.110 e. The first-order valence-electron chi connectivity index (χ1n) is 7.63. The quantitative estimate of drug-likeness (QED) is 0.715. The molecule has 0 bridgehead atoms. The van der Waals surface area contributed by atoms with E-state index in [1.807, 2.05) is 0 Å². The number of benzene rings is 2. The maximum Gasteiger partial charge on any atom is 0.110 e. The van der Waals surface area contributed by atoms with Gasteiger partial charge in [-0.25, -0.2) is 4.98 Å². The molecule has 0 aliphatic heterocycles. The third-order valence-corrected chi connectivity index (χ3v) is 3.75. The lowest BCUT2D eigenvalue weighted by Gasteiger charge is -2.11. The van der Waals surface area contributed by atoms with E-state index in [-0.39, 0.29) is 12.4 Å². The van der Waals surface area contributed by atoms with Gasteiger partial charge in [0.1, 0.15) is 5.82 Å². The van der Waals surface area contributed by atoms with E-state index < -0.39 is 0 Å². The van der Waals surface area contributed by atoms with Crippen LogP contribution in [0.3, 0.4) is 0 Å². The molecular weight excluding hydrogens is 292 g/mol. The third kappa shape index (κ3) is 3.50. The second-order valence-corrected chi connectivity index (χ2v) is 6.19. The molecule has 0 atom stereocenters. The average molecular weight is 314 g/mol. The minimum Gasteiger partial charge on any atom is -1.00 e. The van der Waals surface area contributed by atoms with E-state index in [9.17, 15) is 0 Å². The molecular formula is C19H22ClN2-. The first-order valence-corrected chi connectivity index (χ1v) is 7.63. The van der Waals surface area contributed by atoms with E-state index in [0.29, 0.717) is 5.92 Å². The van der Waals surface area contributed by atoms with E-state index in [0.717, 1.165) is 18.5 Å². The zero-order valence-electron chi connectivity index (χ0n) is 13.4. The van der Waals surface area contributed by atoms with E-state index in [1.54, 1.807) is 0 Å². The predicted octanol–water partition coefficient (Wildman–Crippen LogP) is 1.60. The molecule has 3 rings (SSSR count). The summed E-state index contributed by atoms with van der Waals surface area (Å²) >= 11 is 0. The summed E-state index contributed by atoms with van der Waals surface area (Å²) in [6.07, 6.45) is 1.01. The fourth-order valence-electron chi connectivity index (χ4n) is 2.82. The van der Waals surface area contributed by atoms with Crippen molar-refractivity contribution in [3.05, 3.63) is 65.5 Å². The van der Waals surface area contributed by atoms with Crippen LogP contribution in [0.25, 0.3) is 11.0 Å². The lowest BCUT2D eigenvalue weighted by Crippen LogP contribution is -3.00. The fraction of sp³-hybridized carbons (Fsp3) is 0.316. The van der Waals surface area contributed by atoms with Gasteiger partial charge >= 0.3 is 0 Å². The molecule has 2 aromatic carbocycles. The summed E-state index contributed by atoms with van der Waals surface area (Å²) in [5.74, 6) is 1.80. The number of nitrogens with zero attached hydrogens (tertiary/aromatic N) is 2. The minimum absolute atomic E-state index is 0. The van der Waals surface area contributed by atoms with Crippen molar-refractivity contribution in [2.45, 2.75) is 33.7 Å². The van der Waals surface area contributed by atoms with Crippen molar-refractivity contribution in [2.24, 2.45) is 5.92 Å². The summed E-state index contributed by atoms with van der Waals surface area (Å²) in [5, 5.41) is 0. The molecule has 0 spiro atoms. The zero-order valence-corrected chi connectivity index (χ0v) is 14.1. The Balaban J connectivity index is 0.00000176. The van der Waals surface area contributed by atoms with Gasteiger partial charge in [-0.3, -0.25) is 0 Å². The fourth-order valence-corrected chi connectivity index (χ4v) is 2.82. The Morgan fingerprint density at radius 1 is 1.05 bits per heavy atom. The van der Waals surface area contributed by atoms with E-state index in [2.05, 4.69) is 73.9 Å². The third-order valence-electron chi connectivity index (χ3n) is 3.75. The van der Waals surface area contributed by atoms with Crippen LogP contribution in [0.15, 0.2) is 48.5 Å². The van der Waals surface area contributed by atoms with Gasteiger partial charge in [-0.05, 0) is 30.5 Å². The SMILES string of the molecule is Cc1cccc(Cn2c(CC(C)C)nc3ccccc32)c1.[Cl-]. The molecule has 0 saturated heterocycles. The van der Waals surface area contributed by atoms with Gasteiger partial charge < -0.3 is 17.0 Å². The first kappa shape index (κ1) is 16.6. The van der Waals surface area contributed by atoms with Crippen LogP contribution in [0.4, 0.5) is 0 Å². The molecule has 2 nitrogen and oxygen atoms in total. The van der Waals surface area contributed by atoms with Crippen molar-refractivity contribution in [3.8, 4) is 0 Å². The van der Waals surface area contributed by atoms with Gasteiger partial charge in [-0.1, -0.05) is 55.8 Å². The Bertz CT molecular complexity index is 759. The van der Waals surface area contributed by atoms with E-state index in [1.165, 1.54) is 22.5 Å². The van der Waals surface area contributed by atoms with Gasteiger partial charge in [0.25, 0.3) is 0 Å². The van der Waals surface area contributed by atoms with Crippen molar-refractivity contribution in [1.29, 1.82) is 0 Å². The number of rotatable bonds is 4. The Kier molecular flexibility index (Phi) is 5.25. The summed E-state index contributed by atoms with van der Waals surface area (Å²) in [6, 6.07) is 17.2. The van der Waals surface area contributed by atoms with Crippen LogP contribution in [0.1, 0.15) is 30.8 Å². The lowest BCUT2D eigenvalue weighted by molar-refractivity contribution is -0.00000468. The number of imidazole rings is 1. The highest BCUT2D eigenvalue weighted by molar-refractivity contribution is 5.76. The highest BCUT2D eigenvalue weighted by Crippen LogP contribution is 2.20. The highest BCUT2D eigenvalue weighted by atomic mass is 35.5. The molecule has 0 fully saturated rings. The van der Waals surface area contributed by atoms with Crippen molar-refractivity contribution in [1.82, 2.24) is 9.55 Å². The van der Waals surface area contributed by atoms with Gasteiger partial charge in [-0.2, -0.15) is 0 Å². The van der Waals surface area contributed by atoms with E-state index in [4.69, 9.17) is 4.98 Å². The standard InChI is InChI=1S/C19H22N2.ClH/c1-14(2)11-19-20-17-9-4-5-10-18(17)21(19)13-16-8-6-7-15(3)12-16;/h4-10,12,14H,11,13H2,1-3H3;1H/p-1. The molecule has 0 aliphatic carbocycles. The van der Waals surface area contributed by atoms with E-state index >= 15 is 0 Å². The lowest BCUT2D eigenvalue weighted by atomic mass is 10.1. The topological polar surface area (TPSA) is 17.8 Å². The Hall–Kier alpha value is -1.80. The molecule has 116 valence electrons. The molecule has 0 unspecified atom stereocenters. The molecule has 1 aromatic heterocycles. The van der Waals surface area contributed by atoms with Gasteiger partial charge in [0, 0.05) is 13.0 Å². The summed E-state index contributed by atoms with van der Waals surface area (Å²) in [4.78, 5) is 4.83. The largest absolute Gasteiger partial charge is 1.00 e. The van der Waals surface area contributed by atoms with Gasteiger partial charge in [0.2, 0.25) is 0 Å². The normalized spacial score (nSPS) is 10.9. The second-order valence-electron chi connectivity index (χ2n) is 6.19. The minimum atomic E-state index is 0. The maximum absolute atomic E-state index is 4.83. The molecule has 3 heteroatoms. The van der Waals surface area contributed by atoms with Crippen LogP contribution in [-0.2, 0) is 13.0 Å². The molecule has 0 N–H and O–H groups in total. The molecule has 0 saturated carbocycles. The van der Waals surface area contributed by atoms with Gasteiger partial charge in [-0.15, -0.1) is 0 Å². The predicted molar refractivity (Wildman–Crippen MR) is 88.6 cm³/mol. The number of aryl methyl sites for hydroxylation is 1. The number of fused-ring (bicyclic) bond motifs is 1. The van der Waals surface area contributed by atoms with Crippen LogP contribution in [0.5, 0.6) is 0 Å². The van der Waals surface area contributed by atoms with Crippen molar-refractivity contribution >= 4 is 11.0 Å². The maximum atomic E-state index is 4.83. The van der Waals surface area contributed by atoms with Gasteiger partial charge in [0.15, 0.2) is 0 Å². The van der Waals surface area contributed by atoms with Crippen molar-refractivity contribution < 1.29 is 12.4 Å². The van der Waals surface area contributed by atoms with Crippen LogP contribution < -0.4 is 12.4 Å². The molecule has 0 amide bonds. The average Bonchev–Trinajstić information content (AvgIpc) is 2.76. The number of hydrogen-bond acceptors (Lipinski definition) is 1. The Morgan fingerprint density at radius 3 is 2.55 bits per heavy atom. The highest BCUT2D eigenvalue weighted by Gasteiger charge is 2.12. The summed E-state index contributed by atoms with van der Waals surface area (Å²) in [7, 11) is 0. The number of para-hydroxylation sites is 2. The zero-order chi connectivity index (χ0) is 14.8. The molecule has 22 heavy (non-hydrogen) atoms. The van der Waals surface area contributed by atoms with Crippen LogP contribution in [0.2, 0.25) is 0 Å².